The smallest absolute Gasteiger partial charge is 0.280 e. The maximum absolute atomic E-state index is 12.0. The minimum atomic E-state index is -3.47. The molecule has 0 radical (unpaired) electrons. The van der Waals surface area contributed by atoms with Gasteiger partial charge in [-0.15, -0.1) is 0 Å². The van der Waals surface area contributed by atoms with E-state index in [1.165, 1.54) is 6.07 Å². The van der Waals surface area contributed by atoms with Gasteiger partial charge in [0.05, 0.1) is 4.90 Å². The number of nitrogens with two attached hydrogens (primary N) is 2. The Labute approximate surface area is 130 Å². The second-order valence-electron chi connectivity index (χ2n) is 4.97. The van der Waals surface area contributed by atoms with Crippen LogP contribution >= 0.6 is 0 Å². The van der Waals surface area contributed by atoms with Crippen molar-refractivity contribution in [1.82, 2.24) is 0 Å². The quantitative estimate of drug-likeness (QED) is 0.481. The lowest BCUT2D eigenvalue weighted by molar-refractivity contribution is 0.100. The number of benzene rings is 1. The number of guanidine groups is 1. The van der Waals surface area contributed by atoms with Crippen molar-refractivity contribution < 1.29 is 13.2 Å². The van der Waals surface area contributed by atoms with E-state index in [0.717, 1.165) is 12.7 Å². The summed E-state index contributed by atoms with van der Waals surface area (Å²) in [5.41, 5.74) is 11.8. The van der Waals surface area contributed by atoms with E-state index in [0.29, 0.717) is 17.5 Å². The summed E-state index contributed by atoms with van der Waals surface area (Å²) in [6, 6.07) is 3.03. The van der Waals surface area contributed by atoms with Crippen molar-refractivity contribution in [3.8, 4) is 0 Å². The van der Waals surface area contributed by atoms with Crippen molar-refractivity contribution in [2.75, 3.05) is 6.26 Å². The summed E-state index contributed by atoms with van der Waals surface area (Å²) in [5, 5.41) is 0. The first kappa shape index (κ1) is 17.9. The Kier molecular flexibility index (Phi) is 5.87. The molecule has 0 saturated carbocycles. The number of allylic oxidation sites excluding steroid dienone is 2. The van der Waals surface area contributed by atoms with Gasteiger partial charge in [0.1, 0.15) is 0 Å². The molecule has 0 bridgehead atoms. The molecule has 0 aliphatic carbocycles. The van der Waals surface area contributed by atoms with Gasteiger partial charge in [0, 0.05) is 11.8 Å². The van der Waals surface area contributed by atoms with Gasteiger partial charge in [-0.05, 0) is 37.0 Å². The normalized spacial score (nSPS) is 11.6. The first-order chi connectivity index (χ1) is 10.2. The summed E-state index contributed by atoms with van der Waals surface area (Å²) in [6.45, 7) is 3.71. The average Bonchev–Trinajstić information content (AvgIpc) is 2.36. The highest BCUT2D eigenvalue weighted by atomic mass is 32.2. The number of aliphatic imine (C=N–C) groups is 1. The molecule has 1 amide bonds. The van der Waals surface area contributed by atoms with E-state index in [2.05, 4.69) is 4.99 Å². The first-order valence-electron chi connectivity index (χ1n) is 6.79. The zero-order valence-corrected chi connectivity index (χ0v) is 13.8. The average molecular weight is 323 g/mol. The molecule has 0 heterocycles. The topological polar surface area (TPSA) is 116 Å². The van der Waals surface area contributed by atoms with Crippen LogP contribution in [0.3, 0.4) is 0 Å². The van der Waals surface area contributed by atoms with Gasteiger partial charge in [-0.3, -0.25) is 4.79 Å². The third kappa shape index (κ3) is 4.70. The number of carbonyl (C=O) groups is 1. The molecule has 0 fully saturated rings. The van der Waals surface area contributed by atoms with E-state index in [9.17, 15) is 13.2 Å². The molecule has 0 aromatic heterocycles. The van der Waals surface area contributed by atoms with Gasteiger partial charge >= 0.3 is 0 Å². The number of aryl methyl sites for hydroxylation is 1. The number of sulfone groups is 1. The van der Waals surface area contributed by atoms with Gasteiger partial charge in [0.2, 0.25) is 0 Å². The van der Waals surface area contributed by atoms with Crippen LogP contribution in [0.25, 0.3) is 0 Å². The van der Waals surface area contributed by atoms with Crippen LogP contribution in [0.4, 0.5) is 0 Å². The highest BCUT2D eigenvalue weighted by molar-refractivity contribution is 7.90. The fourth-order valence-corrected chi connectivity index (χ4v) is 2.99. The summed E-state index contributed by atoms with van der Waals surface area (Å²) in [6.07, 6.45) is 6.32. The van der Waals surface area contributed by atoms with Crippen molar-refractivity contribution in [1.29, 1.82) is 0 Å². The minimum Gasteiger partial charge on any atom is -0.370 e. The zero-order valence-electron chi connectivity index (χ0n) is 13.0. The third-order valence-corrected chi connectivity index (χ3v) is 4.19. The molecule has 1 aromatic carbocycles. The zero-order chi connectivity index (χ0) is 16.9. The van der Waals surface area contributed by atoms with Gasteiger partial charge in [-0.2, -0.15) is 4.99 Å². The van der Waals surface area contributed by atoms with Crippen molar-refractivity contribution in [3.63, 3.8) is 0 Å². The molecule has 4 N–H and O–H groups in total. The molecule has 0 aliphatic rings. The number of hydrogen-bond acceptors (Lipinski definition) is 3. The molecule has 1 aromatic rings. The Bertz CT molecular complexity index is 731. The third-order valence-electron chi connectivity index (χ3n) is 3.01. The van der Waals surface area contributed by atoms with Gasteiger partial charge < -0.3 is 11.5 Å². The Hall–Kier alpha value is -2.15. The van der Waals surface area contributed by atoms with Gasteiger partial charge in [-0.1, -0.05) is 25.1 Å². The molecule has 0 spiro atoms. The van der Waals surface area contributed by atoms with Crippen LogP contribution in [0, 0.1) is 6.92 Å². The second-order valence-corrected chi connectivity index (χ2v) is 6.96. The number of nitrogens with zero attached hydrogens (tertiary/aromatic N) is 1. The molecule has 0 aliphatic heterocycles. The van der Waals surface area contributed by atoms with Gasteiger partial charge in [0.25, 0.3) is 5.91 Å². The molecule has 6 nitrogen and oxygen atoms in total. The summed E-state index contributed by atoms with van der Waals surface area (Å²) in [7, 11) is -3.47. The lowest BCUT2D eigenvalue weighted by Crippen LogP contribution is -2.24. The number of hydrogen-bond donors (Lipinski definition) is 2. The summed E-state index contributed by atoms with van der Waals surface area (Å²) in [4.78, 5) is 15.6. The van der Waals surface area contributed by atoms with Crippen LogP contribution < -0.4 is 11.5 Å². The van der Waals surface area contributed by atoms with Gasteiger partial charge in [0.15, 0.2) is 15.8 Å². The van der Waals surface area contributed by atoms with Gasteiger partial charge in [-0.25, -0.2) is 8.42 Å². The fraction of sp³-hybridized carbons (Fsp3) is 0.333. The predicted octanol–water partition coefficient (Wildman–Crippen LogP) is 1.32. The Morgan fingerprint density at radius 3 is 2.41 bits per heavy atom. The van der Waals surface area contributed by atoms with Crippen LogP contribution in [-0.4, -0.2) is 26.5 Å². The van der Waals surface area contributed by atoms with Crippen molar-refractivity contribution in [3.05, 3.63) is 41.0 Å². The van der Waals surface area contributed by atoms with Crippen LogP contribution in [0.2, 0.25) is 0 Å². The molecule has 7 heteroatoms. The van der Waals surface area contributed by atoms with E-state index in [1.54, 1.807) is 13.0 Å². The van der Waals surface area contributed by atoms with E-state index in [1.807, 2.05) is 19.1 Å². The van der Waals surface area contributed by atoms with Crippen LogP contribution in [-0.2, 0) is 16.3 Å². The molecule has 120 valence electrons. The SMILES string of the molecule is CC/C=C/Cc1cc(C)c(C(=O)N=C(N)N)cc1S(C)(=O)=O. The lowest BCUT2D eigenvalue weighted by atomic mass is 10.0. The molecular formula is C15H21N3O3S. The second kappa shape index (κ2) is 7.22. The first-order valence-corrected chi connectivity index (χ1v) is 8.68. The predicted molar refractivity (Wildman–Crippen MR) is 87.6 cm³/mol. The highest BCUT2D eigenvalue weighted by Gasteiger charge is 2.18. The molecular weight excluding hydrogens is 302 g/mol. The van der Waals surface area contributed by atoms with Crippen molar-refractivity contribution in [2.45, 2.75) is 31.6 Å². The summed E-state index contributed by atoms with van der Waals surface area (Å²) in [5.74, 6) is -1.02. The summed E-state index contributed by atoms with van der Waals surface area (Å²) >= 11 is 0. The Morgan fingerprint density at radius 1 is 1.27 bits per heavy atom. The van der Waals surface area contributed by atoms with Crippen LogP contribution in [0.15, 0.2) is 34.2 Å². The van der Waals surface area contributed by atoms with E-state index >= 15 is 0 Å². The maximum Gasteiger partial charge on any atom is 0.280 e. The maximum atomic E-state index is 12.0. The van der Waals surface area contributed by atoms with Crippen molar-refractivity contribution >= 4 is 21.7 Å². The number of rotatable bonds is 5. The largest absolute Gasteiger partial charge is 0.370 e. The molecule has 1 rings (SSSR count). The molecule has 22 heavy (non-hydrogen) atoms. The van der Waals surface area contributed by atoms with Crippen LogP contribution in [0.5, 0.6) is 0 Å². The molecule has 0 unspecified atom stereocenters. The minimum absolute atomic E-state index is 0.119. The monoisotopic (exact) mass is 323 g/mol. The number of carbonyl (C=O) groups excluding carboxylic acids is 1. The fourth-order valence-electron chi connectivity index (χ4n) is 2.04. The summed E-state index contributed by atoms with van der Waals surface area (Å²) < 4.78 is 23.9. The number of amides is 1. The van der Waals surface area contributed by atoms with E-state index in [4.69, 9.17) is 11.5 Å². The van der Waals surface area contributed by atoms with Crippen LogP contribution in [0.1, 0.15) is 34.8 Å². The Balaban J connectivity index is 3.45. The van der Waals surface area contributed by atoms with E-state index in [-0.39, 0.29) is 16.4 Å². The highest BCUT2D eigenvalue weighted by Crippen LogP contribution is 2.23. The lowest BCUT2D eigenvalue weighted by Gasteiger charge is -2.11. The standard InChI is InChI=1S/C15H21N3O3S/c1-4-5-6-7-11-8-10(2)12(14(19)18-15(16)17)9-13(11)22(3,20)21/h5-6,8-9H,4,7H2,1-3H3,(H4,16,17,18,19)/b6-5+. The van der Waals surface area contributed by atoms with Crippen molar-refractivity contribution in [2.24, 2.45) is 16.5 Å². The molecule has 0 saturated heterocycles. The Morgan fingerprint density at radius 2 is 1.91 bits per heavy atom. The van der Waals surface area contributed by atoms with E-state index < -0.39 is 15.7 Å². The molecule has 0 atom stereocenters.